The van der Waals surface area contributed by atoms with E-state index in [1.165, 1.54) is 0 Å². The lowest BCUT2D eigenvalue weighted by atomic mass is 10.5. The number of hydrogen-bond donors (Lipinski definition) is 2. The quantitative estimate of drug-likeness (QED) is 0.658. The molecule has 3 nitrogen and oxygen atoms in total. The maximum atomic E-state index is 12.5. The minimum Gasteiger partial charge on any atom is -0.330 e. The number of carbonyl (C=O) groups excluding carboxylic acids is 1. The zero-order valence-electron chi connectivity index (χ0n) is 11.3. The Hall–Kier alpha value is 0.0238. The molecule has 0 aromatic carbocycles. The van der Waals surface area contributed by atoms with E-state index in [0.29, 0.717) is 18.1 Å². The van der Waals surface area contributed by atoms with Gasteiger partial charge < -0.3 is 16.3 Å². The molecule has 4 N–H and O–H groups in total. The zero-order chi connectivity index (χ0) is 12.8. The van der Waals surface area contributed by atoms with Crippen LogP contribution in [0.25, 0.3) is 0 Å². The van der Waals surface area contributed by atoms with Crippen LogP contribution in [0.4, 0.5) is 4.79 Å². The van der Waals surface area contributed by atoms with Crippen molar-refractivity contribution in [2.45, 2.75) is 51.1 Å². The van der Waals surface area contributed by atoms with Gasteiger partial charge in [0.05, 0.1) is 5.03 Å². The van der Waals surface area contributed by atoms with Gasteiger partial charge in [-0.25, -0.2) is 0 Å². The fourth-order valence-corrected chi connectivity index (χ4v) is 12.9. The van der Waals surface area contributed by atoms with Gasteiger partial charge in [0.2, 0.25) is 0 Å². The Labute approximate surface area is 102 Å². The van der Waals surface area contributed by atoms with Gasteiger partial charge in [0, 0.05) is 0 Å². The first-order chi connectivity index (χ1) is 7.28. The van der Waals surface area contributed by atoms with E-state index in [1.54, 1.807) is 0 Å². The first-order valence-corrected chi connectivity index (χ1v) is 12.6. The second-order valence-electron chi connectivity index (χ2n) is 5.88. The normalized spacial score (nSPS) is 12.9. The smallest absolute Gasteiger partial charge is 0.120 e. The van der Waals surface area contributed by atoms with Crippen molar-refractivity contribution in [3.63, 3.8) is 0 Å². The van der Waals surface area contributed by atoms with E-state index in [4.69, 9.17) is 11.5 Å². The zero-order valence-corrected chi connectivity index (χ0v) is 13.3. The second kappa shape index (κ2) is 6.68. The summed E-state index contributed by atoms with van der Waals surface area (Å²) in [5.41, 5.74) is 11.1. The molecule has 0 bridgehead atoms. The summed E-state index contributed by atoms with van der Waals surface area (Å²) in [4.78, 5) is 12.5. The standard InChI is InChI=1S/C11H28N2OSi2/c1-15(2,9-5-7-12)11(14)16(3,4)10-6-8-13/h5-10,12-13H2,1-4H3. The summed E-state index contributed by atoms with van der Waals surface area (Å²) in [6, 6.07) is 2.09. The third-order valence-corrected chi connectivity index (χ3v) is 13.0. The van der Waals surface area contributed by atoms with Gasteiger partial charge in [-0.3, -0.25) is 0 Å². The topological polar surface area (TPSA) is 69.1 Å². The van der Waals surface area contributed by atoms with E-state index < -0.39 is 16.1 Å². The van der Waals surface area contributed by atoms with Crippen molar-refractivity contribution in [1.29, 1.82) is 0 Å². The summed E-state index contributed by atoms with van der Waals surface area (Å²) in [6.07, 6.45) is 1.98. The highest BCUT2D eigenvalue weighted by Gasteiger charge is 2.40. The predicted molar refractivity (Wildman–Crippen MR) is 77.3 cm³/mol. The van der Waals surface area contributed by atoms with Gasteiger partial charge in [0.25, 0.3) is 0 Å². The molecule has 0 radical (unpaired) electrons. The van der Waals surface area contributed by atoms with E-state index >= 15 is 0 Å². The lowest BCUT2D eigenvalue weighted by Crippen LogP contribution is -2.52. The van der Waals surface area contributed by atoms with E-state index in [0.717, 1.165) is 24.9 Å². The number of carbonyl (C=O) groups is 1. The second-order valence-corrected chi connectivity index (χ2v) is 15.8. The van der Waals surface area contributed by atoms with Gasteiger partial charge in [0.15, 0.2) is 0 Å². The van der Waals surface area contributed by atoms with E-state index in [1.807, 2.05) is 0 Å². The van der Waals surface area contributed by atoms with Crippen molar-refractivity contribution in [1.82, 2.24) is 0 Å². The Balaban J connectivity index is 4.49. The van der Waals surface area contributed by atoms with Gasteiger partial charge in [0.1, 0.15) is 16.1 Å². The highest BCUT2D eigenvalue weighted by Crippen LogP contribution is 2.24. The fraction of sp³-hybridized carbons (Fsp3) is 0.909. The molecule has 0 aromatic rings. The molecule has 0 aromatic heterocycles. The molecule has 0 aliphatic heterocycles. The Morgan fingerprint density at radius 3 is 1.44 bits per heavy atom. The van der Waals surface area contributed by atoms with Gasteiger partial charge in [-0.2, -0.15) is 0 Å². The third kappa shape index (κ3) is 4.90. The summed E-state index contributed by atoms with van der Waals surface area (Å²) in [7, 11) is -3.42. The Bertz CT molecular complexity index is 208. The maximum Gasteiger partial charge on any atom is 0.120 e. The molecule has 0 atom stereocenters. The van der Waals surface area contributed by atoms with Crippen LogP contribution in [0.5, 0.6) is 0 Å². The maximum absolute atomic E-state index is 12.5. The van der Waals surface area contributed by atoms with Gasteiger partial charge >= 0.3 is 0 Å². The summed E-state index contributed by atoms with van der Waals surface area (Å²) >= 11 is 0. The molecule has 0 amide bonds. The van der Waals surface area contributed by atoms with Crippen molar-refractivity contribution in [2.75, 3.05) is 13.1 Å². The molecule has 0 aliphatic rings. The van der Waals surface area contributed by atoms with Crippen LogP contribution in [0, 0.1) is 0 Å². The minimum atomic E-state index is -1.71. The molecule has 0 unspecified atom stereocenters. The molecule has 96 valence electrons. The summed E-state index contributed by atoms with van der Waals surface area (Å²) in [6.45, 7) is 10.2. The molecule has 0 heterocycles. The molecular weight excluding hydrogens is 232 g/mol. The molecular formula is C11H28N2OSi2. The Morgan fingerprint density at radius 1 is 0.875 bits per heavy atom. The van der Waals surface area contributed by atoms with E-state index in [-0.39, 0.29) is 0 Å². The monoisotopic (exact) mass is 260 g/mol. The van der Waals surface area contributed by atoms with Gasteiger partial charge in [-0.05, 0) is 25.9 Å². The highest BCUT2D eigenvalue weighted by atomic mass is 28.4. The average Bonchev–Trinajstić information content (AvgIpc) is 2.22. The van der Waals surface area contributed by atoms with Crippen LogP contribution >= 0.6 is 0 Å². The first-order valence-electron chi connectivity index (χ1n) is 6.23. The third-order valence-electron chi connectivity index (χ3n) is 3.24. The molecule has 0 spiro atoms. The molecule has 0 aliphatic carbocycles. The number of rotatable bonds is 8. The van der Waals surface area contributed by atoms with Crippen LogP contribution in [-0.2, 0) is 0 Å². The van der Waals surface area contributed by atoms with Crippen LogP contribution in [-0.4, -0.2) is 34.3 Å². The van der Waals surface area contributed by atoms with Crippen molar-refractivity contribution >= 4 is 21.2 Å². The van der Waals surface area contributed by atoms with Crippen LogP contribution in [0.15, 0.2) is 0 Å². The van der Waals surface area contributed by atoms with Crippen molar-refractivity contribution in [2.24, 2.45) is 11.5 Å². The minimum absolute atomic E-state index is 0.613. The highest BCUT2D eigenvalue weighted by molar-refractivity contribution is 7.31. The van der Waals surface area contributed by atoms with Crippen molar-refractivity contribution < 1.29 is 4.79 Å². The molecule has 16 heavy (non-hydrogen) atoms. The van der Waals surface area contributed by atoms with Crippen LogP contribution in [0.3, 0.4) is 0 Å². The van der Waals surface area contributed by atoms with Crippen LogP contribution < -0.4 is 11.5 Å². The van der Waals surface area contributed by atoms with Crippen molar-refractivity contribution in [3.8, 4) is 0 Å². The van der Waals surface area contributed by atoms with E-state index in [9.17, 15) is 4.79 Å². The fourth-order valence-electron chi connectivity index (χ4n) is 2.23. The molecule has 0 saturated carbocycles. The molecule has 0 rings (SSSR count). The Kier molecular flexibility index (Phi) is 6.69. The first kappa shape index (κ1) is 16.0. The van der Waals surface area contributed by atoms with Crippen LogP contribution in [0.1, 0.15) is 12.8 Å². The van der Waals surface area contributed by atoms with Crippen LogP contribution in [0.2, 0.25) is 38.3 Å². The number of nitrogens with two attached hydrogens (primary N) is 2. The molecule has 0 fully saturated rings. The molecule has 0 saturated heterocycles. The van der Waals surface area contributed by atoms with Crippen molar-refractivity contribution in [3.05, 3.63) is 0 Å². The predicted octanol–water partition coefficient (Wildman–Crippen LogP) is 2.38. The number of hydrogen-bond acceptors (Lipinski definition) is 3. The Morgan fingerprint density at radius 2 is 1.19 bits per heavy atom. The summed E-state index contributed by atoms with van der Waals surface area (Å²) in [5, 5.41) is 0.613. The molecule has 5 heteroatoms. The SMILES string of the molecule is C[Si](C)(CCCN)C(=O)[Si](C)(C)CCCN. The average molecular weight is 261 g/mol. The van der Waals surface area contributed by atoms with E-state index in [2.05, 4.69) is 26.2 Å². The summed E-state index contributed by atoms with van der Waals surface area (Å²) < 4.78 is 0. The lowest BCUT2D eigenvalue weighted by Gasteiger charge is -2.30. The largest absolute Gasteiger partial charge is 0.330 e. The van der Waals surface area contributed by atoms with Gasteiger partial charge in [-0.15, -0.1) is 0 Å². The lowest BCUT2D eigenvalue weighted by molar-refractivity contribution is 0.271. The van der Waals surface area contributed by atoms with Gasteiger partial charge in [-0.1, -0.05) is 38.3 Å². The summed E-state index contributed by atoms with van der Waals surface area (Å²) in [5.74, 6) is 0.